The second-order valence-corrected chi connectivity index (χ2v) is 3.33. The molecule has 0 heterocycles. The van der Waals surface area contributed by atoms with E-state index in [2.05, 4.69) is 18.2 Å². The highest BCUT2D eigenvalue weighted by molar-refractivity contribution is 5.86. The van der Waals surface area contributed by atoms with Gasteiger partial charge in [0.1, 0.15) is 0 Å². The molecule has 0 amide bonds. The van der Waals surface area contributed by atoms with Crippen molar-refractivity contribution in [1.82, 2.24) is 0 Å². The maximum atomic E-state index is 5.89. The van der Waals surface area contributed by atoms with Gasteiger partial charge in [-0.2, -0.15) is 0 Å². The second-order valence-electron chi connectivity index (χ2n) is 3.33. The summed E-state index contributed by atoms with van der Waals surface area (Å²) in [7, 11) is 1.68. The highest BCUT2D eigenvalue weighted by atomic mass is 16.5. The molecule has 0 saturated carbocycles. The molecule has 2 N–H and O–H groups in total. The number of fused-ring (bicyclic) bond motifs is 1. The number of benzene rings is 2. The van der Waals surface area contributed by atoms with Crippen molar-refractivity contribution in [2.75, 3.05) is 12.8 Å². The summed E-state index contributed by atoms with van der Waals surface area (Å²) in [5.74, 6) is 0. The Bertz CT molecular complexity index is 451. The van der Waals surface area contributed by atoms with Gasteiger partial charge < -0.3 is 10.5 Å². The first-order valence-electron chi connectivity index (χ1n) is 4.57. The molecule has 14 heavy (non-hydrogen) atoms. The Morgan fingerprint density at radius 1 is 1.14 bits per heavy atom. The third-order valence-corrected chi connectivity index (χ3v) is 2.31. The molecule has 0 unspecified atom stereocenters. The molecule has 72 valence electrons. The van der Waals surface area contributed by atoms with Gasteiger partial charge in [-0.15, -0.1) is 0 Å². The molecule has 0 saturated heterocycles. The molecule has 0 aliphatic heterocycles. The zero-order valence-electron chi connectivity index (χ0n) is 8.16. The van der Waals surface area contributed by atoms with E-state index >= 15 is 0 Å². The van der Waals surface area contributed by atoms with Gasteiger partial charge in [0.2, 0.25) is 0 Å². The Balaban J connectivity index is 2.59. The summed E-state index contributed by atoms with van der Waals surface area (Å²) in [5.41, 5.74) is 7.74. The summed E-state index contributed by atoms with van der Waals surface area (Å²) in [4.78, 5) is 0. The normalized spacial score (nSPS) is 10.6. The van der Waals surface area contributed by atoms with Crippen molar-refractivity contribution >= 4 is 16.5 Å². The van der Waals surface area contributed by atoms with E-state index in [0.29, 0.717) is 6.61 Å². The maximum Gasteiger partial charge on any atom is 0.0733 e. The Labute approximate surface area is 83.3 Å². The molecule has 0 bridgehead atoms. The van der Waals surface area contributed by atoms with Crippen LogP contribution in [0.15, 0.2) is 36.4 Å². The van der Waals surface area contributed by atoms with Gasteiger partial charge in [-0.05, 0) is 22.9 Å². The van der Waals surface area contributed by atoms with Crippen molar-refractivity contribution in [3.63, 3.8) is 0 Å². The first kappa shape index (κ1) is 9.03. The van der Waals surface area contributed by atoms with E-state index in [9.17, 15) is 0 Å². The van der Waals surface area contributed by atoms with E-state index in [-0.39, 0.29) is 0 Å². The summed E-state index contributed by atoms with van der Waals surface area (Å²) in [6, 6.07) is 12.2. The summed E-state index contributed by atoms with van der Waals surface area (Å²) >= 11 is 0. The number of anilines is 1. The van der Waals surface area contributed by atoms with Crippen LogP contribution in [0.25, 0.3) is 10.8 Å². The molecule has 2 nitrogen and oxygen atoms in total. The molecule has 0 spiro atoms. The van der Waals surface area contributed by atoms with Crippen molar-refractivity contribution in [2.24, 2.45) is 0 Å². The molecule has 0 aliphatic rings. The average molecular weight is 187 g/mol. The molecule has 2 aromatic carbocycles. The van der Waals surface area contributed by atoms with Crippen molar-refractivity contribution in [3.8, 4) is 0 Å². The van der Waals surface area contributed by atoms with Crippen LogP contribution in [0, 0.1) is 0 Å². The molecular formula is C12H13NO. The monoisotopic (exact) mass is 187 g/mol. The number of ether oxygens (including phenoxy) is 1. The Morgan fingerprint density at radius 2 is 1.79 bits per heavy atom. The smallest absolute Gasteiger partial charge is 0.0733 e. The van der Waals surface area contributed by atoms with E-state index in [4.69, 9.17) is 10.5 Å². The van der Waals surface area contributed by atoms with Crippen LogP contribution in [0.1, 0.15) is 5.56 Å². The lowest BCUT2D eigenvalue weighted by molar-refractivity contribution is 0.185. The van der Waals surface area contributed by atoms with E-state index in [1.165, 1.54) is 10.8 Å². The van der Waals surface area contributed by atoms with Crippen LogP contribution < -0.4 is 5.73 Å². The van der Waals surface area contributed by atoms with Crippen LogP contribution in [0.5, 0.6) is 0 Å². The zero-order valence-corrected chi connectivity index (χ0v) is 8.16. The number of nitrogen functional groups attached to an aromatic ring is 1. The van der Waals surface area contributed by atoms with E-state index in [0.717, 1.165) is 11.3 Å². The van der Waals surface area contributed by atoms with Gasteiger partial charge in [-0.25, -0.2) is 0 Å². The lowest BCUT2D eigenvalue weighted by atomic mass is 10.1. The first-order valence-corrected chi connectivity index (χ1v) is 4.57. The number of hydrogen-bond acceptors (Lipinski definition) is 2. The molecule has 0 atom stereocenters. The largest absolute Gasteiger partial charge is 0.398 e. The lowest BCUT2D eigenvalue weighted by Gasteiger charge is -2.06. The summed E-state index contributed by atoms with van der Waals surface area (Å²) in [6.45, 7) is 0.566. The third-order valence-electron chi connectivity index (χ3n) is 2.31. The van der Waals surface area contributed by atoms with Crippen molar-refractivity contribution < 1.29 is 4.74 Å². The van der Waals surface area contributed by atoms with Crippen LogP contribution in [0.3, 0.4) is 0 Å². The van der Waals surface area contributed by atoms with Crippen molar-refractivity contribution in [1.29, 1.82) is 0 Å². The minimum Gasteiger partial charge on any atom is -0.398 e. The number of hydrogen-bond donors (Lipinski definition) is 1. The van der Waals surface area contributed by atoms with Gasteiger partial charge in [0, 0.05) is 18.4 Å². The second kappa shape index (κ2) is 3.68. The standard InChI is InChI=1S/C12H13NO/c1-14-8-11-6-9-4-2-3-5-10(9)7-12(11)13/h2-7H,8,13H2,1H3. The summed E-state index contributed by atoms with van der Waals surface area (Å²) in [5, 5.41) is 2.37. The van der Waals surface area contributed by atoms with Gasteiger partial charge >= 0.3 is 0 Å². The molecule has 0 radical (unpaired) electrons. The van der Waals surface area contributed by atoms with Crippen LogP contribution in [-0.2, 0) is 11.3 Å². The average Bonchev–Trinajstić information content (AvgIpc) is 2.19. The topological polar surface area (TPSA) is 35.2 Å². The minimum atomic E-state index is 0.566. The van der Waals surface area contributed by atoms with Crippen LogP contribution >= 0.6 is 0 Å². The third kappa shape index (κ3) is 1.56. The van der Waals surface area contributed by atoms with Crippen LogP contribution in [-0.4, -0.2) is 7.11 Å². The molecule has 2 heteroatoms. The van der Waals surface area contributed by atoms with Gasteiger partial charge in [0.25, 0.3) is 0 Å². The molecule has 2 aromatic rings. The Kier molecular flexibility index (Phi) is 2.37. The number of methoxy groups -OCH3 is 1. The van der Waals surface area contributed by atoms with Crippen molar-refractivity contribution in [3.05, 3.63) is 42.0 Å². The Morgan fingerprint density at radius 3 is 2.43 bits per heavy atom. The van der Waals surface area contributed by atoms with E-state index in [1.807, 2.05) is 18.2 Å². The quantitative estimate of drug-likeness (QED) is 0.733. The SMILES string of the molecule is COCc1cc2ccccc2cc1N. The number of rotatable bonds is 2. The molecule has 0 fully saturated rings. The van der Waals surface area contributed by atoms with Crippen molar-refractivity contribution in [2.45, 2.75) is 6.61 Å². The van der Waals surface area contributed by atoms with Gasteiger partial charge in [0.05, 0.1) is 6.61 Å². The highest BCUT2D eigenvalue weighted by Gasteiger charge is 2.00. The van der Waals surface area contributed by atoms with E-state index in [1.54, 1.807) is 7.11 Å². The van der Waals surface area contributed by atoms with Crippen LogP contribution in [0.4, 0.5) is 5.69 Å². The predicted octanol–water partition coefficient (Wildman–Crippen LogP) is 2.57. The minimum absolute atomic E-state index is 0.566. The molecule has 0 aliphatic carbocycles. The van der Waals surface area contributed by atoms with E-state index < -0.39 is 0 Å². The van der Waals surface area contributed by atoms with Crippen LogP contribution in [0.2, 0.25) is 0 Å². The van der Waals surface area contributed by atoms with Gasteiger partial charge in [-0.1, -0.05) is 24.3 Å². The summed E-state index contributed by atoms with van der Waals surface area (Å²) < 4.78 is 5.08. The molecule has 2 rings (SSSR count). The predicted molar refractivity (Wildman–Crippen MR) is 59.1 cm³/mol. The highest BCUT2D eigenvalue weighted by Crippen LogP contribution is 2.22. The van der Waals surface area contributed by atoms with Gasteiger partial charge in [0.15, 0.2) is 0 Å². The fourth-order valence-corrected chi connectivity index (χ4v) is 1.59. The number of nitrogens with two attached hydrogens (primary N) is 1. The van der Waals surface area contributed by atoms with Gasteiger partial charge in [-0.3, -0.25) is 0 Å². The lowest BCUT2D eigenvalue weighted by Crippen LogP contribution is -1.95. The summed E-state index contributed by atoms with van der Waals surface area (Å²) in [6.07, 6.45) is 0. The fourth-order valence-electron chi connectivity index (χ4n) is 1.59. The first-order chi connectivity index (χ1) is 6.81. The fraction of sp³-hybridized carbons (Fsp3) is 0.167. The Hall–Kier alpha value is -1.54. The molecular weight excluding hydrogens is 174 g/mol. The zero-order chi connectivity index (χ0) is 9.97. The maximum absolute atomic E-state index is 5.89. The molecule has 0 aromatic heterocycles.